The second-order valence-corrected chi connectivity index (χ2v) is 7.26. The highest BCUT2D eigenvalue weighted by atomic mass is 35.5. The van der Waals surface area contributed by atoms with Crippen molar-refractivity contribution < 1.29 is 9.59 Å². The van der Waals surface area contributed by atoms with Gasteiger partial charge in [-0.05, 0) is 32.0 Å². The molecule has 2 rings (SSSR count). The van der Waals surface area contributed by atoms with E-state index in [2.05, 4.69) is 10.6 Å². The molecule has 5 nitrogen and oxygen atoms in total. The molecule has 0 aromatic heterocycles. The predicted molar refractivity (Wildman–Crippen MR) is 92.9 cm³/mol. The Kier molecular flexibility index (Phi) is 6.55. The van der Waals surface area contributed by atoms with Crippen LogP contribution in [0, 0.1) is 0 Å². The molecule has 1 unspecified atom stereocenters. The first-order valence-corrected chi connectivity index (χ1v) is 7.84. The zero-order chi connectivity index (χ0) is 15.6. The molecule has 1 aromatic carbocycles. The van der Waals surface area contributed by atoms with Crippen molar-refractivity contribution in [2.75, 3.05) is 11.9 Å². The molecule has 1 aromatic rings. The molecular weight excluding hydrogens is 345 g/mol. The minimum atomic E-state index is -0.474. The summed E-state index contributed by atoms with van der Waals surface area (Å²) in [6, 6.07) is 5.31. The van der Waals surface area contributed by atoms with E-state index in [1.54, 1.807) is 12.1 Å². The molecule has 122 valence electrons. The van der Waals surface area contributed by atoms with Crippen molar-refractivity contribution in [3.05, 3.63) is 23.2 Å². The molecule has 1 aliphatic rings. The van der Waals surface area contributed by atoms with Gasteiger partial charge in [-0.3, -0.25) is 9.59 Å². The highest BCUT2D eigenvalue weighted by molar-refractivity contribution is 8.01. The van der Waals surface area contributed by atoms with Gasteiger partial charge in [0.05, 0.1) is 10.9 Å². The Morgan fingerprint density at radius 1 is 1.50 bits per heavy atom. The quantitative estimate of drug-likeness (QED) is 0.766. The Hall–Kier alpha value is -0.950. The third-order valence-corrected chi connectivity index (χ3v) is 4.63. The van der Waals surface area contributed by atoms with E-state index in [-0.39, 0.29) is 30.6 Å². The highest BCUT2D eigenvalue weighted by Gasteiger charge is 2.30. The summed E-state index contributed by atoms with van der Waals surface area (Å²) in [5.74, 6) is -0.369. The number of fused-ring (bicyclic) bond motifs is 1. The standard InChI is InChI=1S/C14H18ClN3O2S.ClH/c1-14(2,7-16)18-12(19)6-11-13(20)17-9-5-8(15)3-4-10(9)21-11;/h3-5,11H,6-7,16H2,1-2H3,(H,17,20)(H,18,19);1H. The summed E-state index contributed by atoms with van der Waals surface area (Å²) >= 11 is 7.27. The number of halogens is 2. The van der Waals surface area contributed by atoms with Gasteiger partial charge in [0.25, 0.3) is 0 Å². The number of carbonyl (C=O) groups is 2. The number of amides is 2. The molecule has 4 N–H and O–H groups in total. The summed E-state index contributed by atoms with van der Waals surface area (Å²) in [6.45, 7) is 4.02. The molecule has 0 saturated heterocycles. The fourth-order valence-electron chi connectivity index (χ4n) is 1.90. The number of hydrogen-bond donors (Lipinski definition) is 3. The van der Waals surface area contributed by atoms with E-state index in [4.69, 9.17) is 17.3 Å². The van der Waals surface area contributed by atoms with E-state index in [0.717, 1.165) is 4.90 Å². The summed E-state index contributed by atoms with van der Waals surface area (Å²) in [5.41, 5.74) is 5.80. The van der Waals surface area contributed by atoms with Crippen LogP contribution in [0.2, 0.25) is 5.02 Å². The average molecular weight is 364 g/mol. The Balaban J connectivity index is 0.00000242. The SMILES string of the molecule is CC(C)(CN)NC(=O)CC1Sc2ccc(Cl)cc2NC1=O.Cl. The number of nitrogens with two attached hydrogens (primary N) is 1. The van der Waals surface area contributed by atoms with Crippen molar-refractivity contribution in [1.29, 1.82) is 0 Å². The van der Waals surface area contributed by atoms with Crippen LogP contribution < -0.4 is 16.4 Å². The maximum absolute atomic E-state index is 12.1. The Morgan fingerprint density at radius 2 is 2.18 bits per heavy atom. The summed E-state index contributed by atoms with van der Waals surface area (Å²) in [4.78, 5) is 25.0. The van der Waals surface area contributed by atoms with Crippen molar-refractivity contribution in [2.24, 2.45) is 5.73 Å². The fourth-order valence-corrected chi connectivity index (χ4v) is 3.17. The lowest BCUT2D eigenvalue weighted by molar-refractivity contribution is -0.125. The molecule has 0 radical (unpaired) electrons. The smallest absolute Gasteiger partial charge is 0.238 e. The fraction of sp³-hybridized carbons (Fsp3) is 0.429. The van der Waals surface area contributed by atoms with Gasteiger partial charge in [-0.2, -0.15) is 0 Å². The van der Waals surface area contributed by atoms with Crippen LogP contribution in [0.3, 0.4) is 0 Å². The summed E-state index contributed by atoms with van der Waals surface area (Å²) in [5, 5.41) is 5.73. The second kappa shape index (κ2) is 7.55. The van der Waals surface area contributed by atoms with Crippen molar-refractivity contribution in [3.8, 4) is 0 Å². The van der Waals surface area contributed by atoms with E-state index >= 15 is 0 Å². The van der Waals surface area contributed by atoms with Crippen LogP contribution in [-0.2, 0) is 9.59 Å². The Labute approximate surface area is 145 Å². The summed E-state index contributed by atoms with van der Waals surface area (Å²) in [6.07, 6.45) is 0.113. The number of anilines is 1. The van der Waals surface area contributed by atoms with Crippen LogP contribution in [0.15, 0.2) is 23.1 Å². The number of nitrogens with one attached hydrogen (secondary N) is 2. The van der Waals surface area contributed by atoms with Gasteiger partial charge in [-0.25, -0.2) is 0 Å². The van der Waals surface area contributed by atoms with Crippen LogP contribution in [0.1, 0.15) is 20.3 Å². The van der Waals surface area contributed by atoms with Crippen LogP contribution in [0.4, 0.5) is 5.69 Å². The van der Waals surface area contributed by atoms with Crippen LogP contribution in [-0.4, -0.2) is 29.1 Å². The lowest BCUT2D eigenvalue weighted by Crippen LogP contribution is -2.50. The number of rotatable bonds is 4. The summed E-state index contributed by atoms with van der Waals surface area (Å²) in [7, 11) is 0. The van der Waals surface area contributed by atoms with Crippen LogP contribution >= 0.6 is 35.8 Å². The molecule has 22 heavy (non-hydrogen) atoms. The predicted octanol–water partition coefficient (Wildman–Crippen LogP) is 2.42. The first-order valence-electron chi connectivity index (χ1n) is 6.59. The van der Waals surface area contributed by atoms with Gasteiger partial charge in [0.2, 0.25) is 11.8 Å². The highest BCUT2D eigenvalue weighted by Crippen LogP contribution is 2.38. The molecule has 1 aliphatic heterocycles. The molecule has 8 heteroatoms. The van der Waals surface area contributed by atoms with Gasteiger partial charge in [0.15, 0.2) is 0 Å². The average Bonchev–Trinajstić information content (AvgIpc) is 2.39. The lowest BCUT2D eigenvalue weighted by Gasteiger charge is -2.27. The Bertz CT molecular complexity index is 581. The zero-order valence-electron chi connectivity index (χ0n) is 12.3. The van der Waals surface area contributed by atoms with E-state index in [1.807, 2.05) is 19.9 Å². The molecule has 1 atom stereocenters. The van der Waals surface area contributed by atoms with Crippen LogP contribution in [0.25, 0.3) is 0 Å². The van der Waals surface area contributed by atoms with E-state index in [9.17, 15) is 9.59 Å². The van der Waals surface area contributed by atoms with E-state index in [1.165, 1.54) is 11.8 Å². The molecule has 0 spiro atoms. The first kappa shape index (κ1) is 19.1. The minimum absolute atomic E-state index is 0. The molecular formula is C14H19Cl2N3O2S. The number of benzene rings is 1. The van der Waals surface area contributed by atoms with Gasteiger partial charge in [0, 0.05) is 28.4 Å². The van der Waals surface area contributed by atoms with Gasteiger partial charge in [-0.1, -0.05) is 11.6 Å². The monoisotopic (exact) mass is 363 g/mol. The largest absolute Gasteiger partial charge is 0.350 e. The molecule has 1 heterocycles. The van der Waals surface area contributed by atoms with Crippen molar-refractivity contribution in [2.45, 2.75) is 36.0 Å². The molecule has 0 saturated carbocycles. The number of thioether (sulfide) groups is 1. The van der Waals surface area contributed by atoms with Gasteiger partial charge in [0.1, 0.15) is 0 Å². The molecule has 0 aliphatic carbocycles. The second-order valence-electron chi connectivity index (χ2n) is 5.58. The topological polar surface area (TPSA) is 84.2 Å². The van der Waals surface area contributed by atoms with Gasteiger partial charge >= 0.3 is 0 Å². The van der Waals surface area contributed by atoms with Gasteiger partial charge in [-0.15, -0.1) is 24.2 Å². The summed E-state index contributed by atoms with van der Waals surface area (Å²) < 4.78 is 0. The maximum atomic E-state index is 12.1. The third-order valence-electron chi connectivity index (χ3n) is 3.12. The minimum Gasteiger partial charge on any atom is -0.350 e. The first-order chi connectivity index (χ1) is 9.80. The third kappa shape index (κ3) is 4.78. The molecule has 0 bridgehead atoms. The lowest BCUT2D eigenvalue weighted by atomic mass is 10.1. The zero-order valence-corrected chi connectivity index (χ0v) is 14.7. The van der Waals surface area contributed by atoms with E-state index < -0.39 is 10.8 Å². The van der Waals surface area contributed by atoms with E-state index in [0.29, 0.717) is 17.3 Å². The van der Waals surface area contributed by atoms with Crippen molar-refractivity contribution >= 4 is 53.3 Å². The normalized spacial score (nSPS) is 17.1. The molecule has 2 amide bonds. The van der Waals surface area contributed by atoms with Crippen molar-refractivity contribution in [3.63, 3.8) is 0 Å². The van der Waals surface area contributed by atoms with Crippen molar-refractivity contribution in [1.82, 2.24) is 5.32 Å². The van der Waals surface area contributed by atoms with Crippen LogP contribution in [0.5, 0.6) is 0 Å². The molecule has 0 fully saturated rings. The number of hydrogen-bond acceptors (Lipinski definition) is 4. The number of carbonyl (C=O) groups excluding carboxylic acids is 2. The van der Waals surface area contributed by atoms with Gasteiger partial charge < -0.3 is 16.4 Å². The Morgan fingerprint density at radius 3 is 2.82 bits per heavy atom. The maximum Gasteiger partial charge on any atom is 0.238 e.